The van der Waals surface area contributed by atoms with E-state index in [1.54, 1.807) is 20.8 Å². The van der Waals surface area contributed by atoms with E-state index in [0.29, 0.717) is 12.2 Å². The van der Waals surface area contributed by atoms with Crippen molar-refractivity contribution in [1.29, 1.82) is 0 Å². The number of cyclic esters (lactones) is 1. The molecule has 1 aliphatic heterocycles. The lowest BCUT2D eigenvalue weighted by atomic mass is 10.2. The Kier molecular flexibility index (Phi) is 2.61. The van der Waals surface area contributed by atoms with Crippen LogP contribution in [0.5, 0.6) is 0 Å². The van der Waals surface area contributed by atoms with Gasteiger partial charge >= 0.3 is 5.97 Å². The van der Waals surface area contributed by atoms with Gasteiger partial charge in [0, 0.05) is 20.3 Å². The smallest absolute Gasteiger partial charge is 0.337 e. The molecule has 0 bridgehead atoms. The maximum absolute atomic E-state index is 11.0. The second-order valence-corrected chi connectivity index (χ2v) is 3.59. The van der Waals surface area contributed by atoms with Crippen LogP contribution in [0, 0.1) is 0 Å². The van der Waals surface area contributed by atoms with Gasteiger partial charge in [-0.05, 0) is 6.92 Å². The highest BCUT2D eigenvalue weighted by Crippen LogP contribution is 2.24. The Morgan fingerprint density at radius 1 is 1.54 bits per heavy atom. The van der Waals surface area contributed by atoms with E-state index in [4.69, 9.17) is 14.6 Å². The van der Waals surface area contributed by atoms with Crippen LogP contribution in [0.4, 0.5) is 0 Å². The van der Waals surface area contributed by atoms with Gasteiger partial charge in [0.1, 0.15) is 5.76 Å². The summed E-state index contributed by atoms with van der Waals surface area (Å²) >= 11 is 0. The van der Waals surface area contributed by atoms with Crippen LogP contribution in [0.2, 0.25) is 0 Å². The summed E-state index contributed by atoms with van der Waals surface area (Å²) in [6, 6.07) is 0. The molecule has 0 amide bonds. The van der Waals surface area contributed by atoms with Crippen LogP contribution >= 0.6 is 0 Å². The number of aliphatic hydroxyl groups is 1. The van der Waals surface area contributed by atoms with Crippen LogP contribution in [0.3, 0.4) is 0 Å². The first-order valence-corrected chi connectivity index (χ1v) is 4.20. The molecule has 0 aromatic heterocycles. The topological polar surface area (TPSA) is 55.8 Å². The zero-order valence-electron chi connectivity index (χ0n) is 8.03. The fourth-order valence-corrected chi connectivity index (χ4v) is 1.16. The Morgan fingerprint density at radius 3 is 2.62 bits per heavy atom. The fraction of sp³-hybridized carbons (Fsp3) is 0.667. The summed E-state index contributed by atoms with van der Waals surface area (Å²) in [4.78, 5) is 11.0. The van der Waals surface area contributed by atoms with Crippen LogP contribution in [0.1, 0.15) is 27.2 Å². The third-order valence-corrected chi connectivity index (χ3v) is 1.50. The van der Waals surface area contributed by atoms with Crippen LogP contribution in [-0.4, -0.2) is 23.0 Å². The standard InChI is InChI=1S/C9H14O4/c1-6(10)4-7-5-8(11)13-9(2,3)12-7/h5-6,10H,4H2,1-3H3/t6-/m1/s1. The van der Waals surface area contributed by atoms with Crippen LogP contribution in [-0.2, 0) is 14.3 Å². The van der Waals surface area contributed by atoms with Gasteiger partial charge in [0.05, 0.1) is 12.2 Å². The molecular weight excluding hydrogens is 172 g/mol. The van der Waals surface area contributed by atoms with E-state index in [1.807, 2.05) is 0 Å². The van der Waals surface area contributed by atoms with Crippen LogP contribution in [0.25, 0.3) is 0 Å². The van der Waals surface area contributed by atoms with Crippen molar-refractivity contribution in [3.8, 4) is 0 Å². The van der Waals surface area contributed by atoms with E-state index >= 15 is 0 Å². The zero-order chi connectivity index (χ0) is 10.1. The first kappa shape index (κ1) is 10.1. The summed E-state index contributed by atoms with van der Waals surface area (Å²) in [5.74, 6) is -0.876. The number of hydrogen-bond donors (Lipinski definition) is 1. The molecule has 1 atom stereocenters. The SMILES string of the molecule is C[C@@H](O)CC1=CC(=O)OC(C)(C)O1. The molecular formula is C9H14O4. The van der Waals surface area contributed by atoms with Crippen molar-refractivity contribution in [2.24, 2.45) is 0 Å². The molecule has 0 unspecified atom stereocenters. The van der Waals surface area contributed by atoms with Gasteiger partial charge < -0.3 is 14.6 Å². The third-order valence-electron chi connectivity index (χ3n) is 1.50. The normalized spacial score (nSPS) is 22.8. The lowest BCUT2D eigenvalue weighted by Crippen LogP contribution is -2.34. The minimum absolute atomic E-state index is 0.332. The van der Waals surface area contributed by atoms with Crippen molar-refractivity contribution in [2.75, 3.05) is 0 Å². The van der Waals surface area contributed by atoms with Crippen molar-refractivity contribution < 1.29 is 19.4 Å². The lowest BCUT2D eigenvalue weighted by Gasteiger charge is -2.30. The van der Waals surface area contributed by atoms with Gasteiger partial charge in [-0.3, -0.25) is 0 Å². The molecule has 0 fully saturated rings. The van der Waals surface area contributed by atoms with Gasteiger partial charge in [0.15, 0.2) is 0 Å². The number of carbonyl (C=O) groups excluding carboxylic acids is 1. The zero-order valence-corrected chi connectivity index (χ0v) is 8.03. The number of aliphatic hydroxyl groups excluding tert-OH is 1. The average Bonchev–Trinajstić information content (AvgIpc) is 1.78. The molecule has 0 aromatic carbocycles. The maximum Gasteiger partial charge on any atom is 0.337 e. The molecule has 0 saturated heterocycles. The molecule has 0 spiro atoms. The second-order valence-electron chi connectivity index (χ2n) is 3.59. The van der Waals surface area contributed by atoms with E-state index in [-0.39, 0.29) is 0 Å². The van der Waals surface area contributed by atoms with Crippen molar-refractivity contribution in [2.45, 2.75) is 39.1 Å². The van der Waals surface area contributed by atoms with Gasteiger partial charge in [-0.25, -0.2) is 4.79 Å². The third kappa shape index (κ3) is 3.06. The Labute approximate surface area is 77.1 Å². The van der Waals surface area contributed by atoms with E-state index in [1.165, 1.54) is 6.08 Å². The first-order chi connectivity index (χ1) is 5.89. The summed E-state index contributed by atoms with van der Waals surface area (Å²) < 4.78 is 10.2. The number of carbonyl (C=O) groups is 1. The van der Waals surface area contributed by atoms with Crippen LogP contribution in [0.15, 0.2) is 11.8 Å². The molecule has 0 aromatic rings. The highest BCUT2D eigenvalue weighted by Gasteiger charge is 2.30. The molecule has 13 heavy (non-hydrogen) atoms. The maximum atomic E-state index is 11.0. The summed E-state index contributed by atoms with van der Waals surface area (Å²) in [5, 5.41) is 9.09. The minimum Gasteiger partial charge on any atom is -0.457 e. The molecule has 1 heterocycles. The Morgan fingerprint density at radius 2 is 2.15 bits per heavy atom. The lowest BCUT2D eigenvalue weighted by molar-refractivity contribution is -0.206. The summed E-state index contributed by atoms with van der Waals surface area (Å²) in [7, 11) is 0. The molecule has 1 aliphatic rings. The summed E-state index contributed by atoms with van der Waals surface area (Å²) in [5.41, 5.74) is 0. The molecule has 4 nitrogen and oxygen atoms in total. The van der Waals surface area contributed by atoms with Gasteiger partial charge in [0.25, 0.3) is 0 Å². The van der Waals surface area contributed by atoms with Crippen molar-refractivity contribution in [3.05, 3.63) is 11.8 Å². The average molecular weight is 186 g/mol. The Bertz CT molecular complexity index is 240. The molecule has 1 rings (SSSR count). The van der Waals surface area contributed by atoms with Crippen molar-refractivity contribution in [3.63, 3.8) is 0 Å². The number of ether oxygens (including phenoxy) is 2. The Balaban J connectivity index is 2.70. The Hall–Kier alpha value is -1.03. The van der Waals surface area contributed by atoms with Gasteiger partial charge in [0.2, 0.25) is 5.79 Å². The monoisotopic (exact) mass is 186 g/mol. The summed E-state index contributed by atoms with van der Waals surface area (Å²) in [6.45, 7) is 4.94. The quantitative estimate of drug-likeness (QED) is 0.652. The molecule has 0 radical (unpaired) electrons. The van der Waals surface area contributed by atoms with E-state index in [2.05, 4.69) is 0 Å². The van der Waals surface area contributed by atoms with Gasteiger partial charge in [-0.15, -0.1) is 0 Å². The summed E-state index contributed by atoms with van der Waals surface area (Å²) in [6.07, 6.45) is 1.07. The van der Waals surface area contributed by atoms with E-state index in [9.17, 15) is 4.79 Å². The number of hydrogen-bond acceptors (Lipinski definition) is 4. The molecule has 0 saturated carbocycles. The first-order valence-electron chi connectivity index (χ1n) is 4.20. The molecule has 1 N–H and O–H groups in total. The van der Waals surface area contributed by atoms with Gasteiger partial charge in [-0.1, -0.05) is 0 Å². The highest BCUT2D eigenvalue weighted by atomic mass is 16.7. The van der Waals surface area contributed by atoms with Crippen molar-refractivity contribution >= 4 is 5.97 Å². The molecule has 4 heteroatoms. The molecule has 74 valence electrons. The fourth-order valence-electron chi connectivity index (χ4n) is 1.16. The number of rotatable bonds is 2. The number of esters is 1. The van der Waals surface area contributed by atoms with Gasteiger partial charge in [-0.2, -0.15) is 0 Å². The van der Waals surface area contributed by atoms with E-state index in [0.717, 1.165) is 0 Å². The minimum atomic E-state index is -0.921. The van der Waals surface area contributed by atoms with E-state index < -0.39 is 17.9 Å². The largest absolute Gasteiger partial charge is 0.457 e. The molecule has 0 aliphatic carbocycles. The predicted molar refractivity (Wildman–Crippen MR) is 45.6 cm³/mol. The predicted octanol–water partition coefficient (Wildman–Crippen LogP) is 0.951. The van der Waals surface area contributed by atoms with Crippen molar-refractivity contribution in [1.82, 2.24) is 0 Å². The highest BCUT2D eigenvalue weighted by molar-refractivity contribution is 5.83. The van der Waals surface area contributed by atoms with Crippen LogP contribution < -0.4 is 0 Å². The second kappa shape index (κ2) is 3.38.